The molecule has 0 saturated carbocycles. The first-order valence-electron chi connectivity index (χ1n) is 5.93. The summed E-state index contributed by atoms with van der Waals surface area (Å²) in [5, 5.41) is 0.990. The van der Waals surface area contributed by atoms with Gasteiger partial charge in [0.05, 0.1) is 5.69 Å². The van der Waals surface area contributed by atoms with E-state index in [0.29, 0.717) is 0 Å². The van der Waals surface area contributed by atoms with Crippen LogP contribution in [0.5, 0.6) is 0 Å². The van der Waals surface area contributed by atoms with Gasteiger partial charge in [-0.25, -0.2) is 0 Å². The maximum absolute atomic E-state index is 11.4. The summed E-state index contributed by atoms with van der Waals surface area (Å²) >= 11 is 0. The summed E-state index contributed by atoms with van der Waals surface area (Å²) in [5.41, 5.74) is 4.86. The Balaban J connectivity index is 2.37. The van der Waals surface area contributed by atoms with Gasteiger partial charge in [-0.15, -0.1) is 0 Å². The van der Waals surface area contributed by atoms with Crippen LogP contribution in [0, 0.1) is 6.92 Å². The molecule has 0 aliphatic carbocycles. The first-order chi connectivity index (χ1) is 8.81. The lowest BCUT2D eigenvalue weighted by Crippen LogP contribution is -1.83. The smallest absolute Gasteiger partial charge is 0.152 e. The maximum atomic E-state index is 11.4. The molecule has 0 atom stereocenters. The van der Waals surface area contributed by atoms with E-state index < -0.39 is 0 Å². The summed E-state index contributed by atoms with van der Waals surface area (Å²) in [6.07, 6.45) is 0.931. The Hall–Kier alpha value is -2.35. The molecule has 0 unspecified atom stereocenters. The number of rotatable bonds is 2. The highest BCUT2D eigenvalue weighted by Gasteiger charge is 2.12. The molecule has 2 heteroatoms. The third kappa shape index (κ3) is 1.54. The average molecular weight is 235 g/mol. The SMILES string of the molecule is Cc1cccc2c(C=O)c(-c3ccccc3)[nH]c12. The molecule has 1 aromatic heterocycles. The zero-order chi connectivity index (χ0) is 12.5. The normalized spacial score (nSPS) is 10.7. The number of hydrogen-bond acceptors (Lipinski definition) is 1. The van der Waals surface area contributed by atoms with Gasteiger partial charge in [0, 0.05) is 16.5 Å². The van der Waals surface area contributed by atoms with Crippen LogP contribution in [0.15, 0.2) is 48.5 Å². The third-order valence-electron chi connectivity index (χ3n) is 3.26. The average Bonchev–Trinajstić information content (AvgIpc) is 2.80. The molecular formula is C16H13NO. The predicted molar refractivity (Wildman–Crippen MR) is 73.9 cm³/mol. The second-order valence-electron chi connectivity index (χ2n) is 4.40. The van der Waals surface area contributed by atoms with Crippen molar-refractivity contribution in [2.75, 3.05) is 0 Å². The monoisotopic (exact) mass is 235 g/mol. The molecule has 2 nitrogen and oxygen atoms in total. The van der Waals surface area contributed by atoms with E-state index in [1.54, 1.807) is 0 Å². The standard InChI is InChI=1S/C16H13NO/c1-11-6-5-9-13-14(10-18)16(17-15(11)13)12-7-3-2-4-8-12/h2-10,17H,1H3. The lowest BCUT2D eigenvalue weighted by Gasteiger charge is -1.98. The zero-order valence-corrected chi connectivity index (χ0v) is 10.1. The molecular weight excluding hydrogens is 222 g/mol. The van der Waals surface area contributed by atoms with Crippen molar-refractivity contribution >= 4 is 17.2 Å². The number of nitrogens with one attached hydrogen (secondary N) is 1. The van der Waals surface area contributed by atoms with E-state index in [1.165, 1.54) is 0 Å². The molecule has 0 spiro atoms. The van der Waals surface area contributed by atoms with Gasteiger partial charge in [-0.3, -0.25) is 4.79 Å². The fraction of sp³-hybridized carbons (Fsp3) is 0.0625. The van der Waals surface area contributed by atoms with Crippen LogP contribution < -0.4 is 0 Å². The largest absolute Gasteiger partial charge is 0.354 e. The number of para-hydroxylation sites is 1. The molecule has 3 aromatic rings. The summed E-state index contributed by atoms with van der Waals surface area (Å²) in [5.74, 6) is 0. The second-order valence-corrected chi connectivity index (χ2v) is 4.40. The van der Waals surface area contributed by atoms with Crippen LogP contribution >= 0.6 is 0 Å². The van der Waals surface area contributed by atoms with E-state index in [4.69, 9.17) is 0 Å². The van der Waals surface area contributed by atoms with Gasteiger partial charge in [0.25, 0.3) is 0 Å². The van der Waals surface area contributed by atoms with Gasteiger partial charge < -0.3 is 4.98 Å². The number of aromatic amines is 1. The lowest BCUT2D eigenvalue weighted by atomic mass is 10.1. The van der Waals surface area contributed by atoms with E-state index in [-0.39, 0.29) is 0 Å². The molecule has 0 saturated heterocycles. The minimum Gasteiger partial charge on any atom is -0.354 e. The van der Waals surface area contributed by atoms with Crippen molar-refractivity contribution in [1.29, 1.82) is 0 Å². The van der Waals surface area contributed by atoms with Crippen LogP contribution in [0.3, 0.4) is 0 Å². The van der Waals surface area contributed by atoms with Gasteiger partial charge in [-0.05, 0) is 18.1 Å². The molecule has 0 aliphatic rings. The molecule has 1 heterocycles. The fourth-order valence-corrected chi connectivity index (χ4v) is 2.34. The van der Waals surface area contributed by atoms with E-state index in [9.17, 15) is 4.79 Å². The quantitative estimate of drug-likeness (QED) is 0.670. The molecule has 88 valence electrons. The van der Waals surface area contributed by atoms with Crippen molar-refractivity contribution in [3.05, 3.63) is 59.7 Å². The van der Waals surface area contributed by atoms with Crippen LogP contribution in [0.25, 0.3) is 22.2 Å². The Labute approximate surface area is 105 Å². The van der Waals surface area contributed by atoms with Gasteiger partial charge in [0.2, 0.25) is 0 Å². The van der Waals surface area contributed by atoms with Gasteiger partial charge in [0.1, 0.15) is 0 Å². The van der Waals surface area contributed by atoms with Gasteiger partial charge >= 0.3 is 0 Å². The summed E-state index contributed by atoms with van der Waals surface area (Å²) in [6.45, 7) is 2.04. The van der Waals surface area contributed by atoms with Crippen LogP contribution in [-0.4, -0.2) is 11.3 Å². The van der Waals surface area contributed by atoms with E-state index >= 15 is 0 Å². The lowest BCUT2D eigenvalue weighted by molar-refractivity contribution is 0.112. The fourth-order valence-electron chi connectivity index (χ4n) is 2.34. The maximum Gasteiger partial charge on any atom is 0.152 e. The number of carbonyl (C=O) groups is 1. The van der Waals surface area contributed by atoms with Crippen LogP contribution in [-0.2, 0) is 0 Å². The van der Waals surface area contributed by atoms with Crippen LogP contribution in [0.1, 0.15) is 15.9 Å². The van der Waals surface area contributed by atoms with E-state index in [2.05, 4.69) is 4.98 Å². The van der Waals surface area contributed by atoms with Crippen molar-refractivity contribution < 1.29 is 4.79 Å². The summed E-state index contributed by atoms with van der Waals surface area (Å²) in [6, 6.07) is 15.9. The highest BCUT2D eigenvalue weighted by molar-refractivity contribution is 6.05. The molecule has 3 rings (SSSR count). The first-order valence-corrected chi connectivity index (χ1v) is 5.93. The molecule has 1 N–H and O–H groups in total. The van der Waals surface area contributed by atoms with Gasteiger partial charge in [0.15, 0.2) is 6.29 Å². The van der Waals surface area contributed by atoms with Crippen molar-refractivity contribution in [2.24, 2.45) is 0 Å². The molecule has 2 aromatic carbocycles. The molecule has 0 amide bonds. The highest BCUT2D eigenvalue weighted by Crippen LogP contribution is 2.30. The van der Waals surface area contributed by atoms with Gasteiger partial charge in [-0.1, -0.05) is 48.5 Å². The highest BCUT2D eigenvalue weighted by atomic mass is 16.1. The van der Waals surface area contributed by atoms with Crippen molar-refractivity contribution in [3.8, 4) is 11.3 Å². The number of aromatic nitrogens is 1. The Morgan fingerprint density at radius 3 is 2.50 bits per heavy atom. The van der Waals surface area contributed by atoms with Crippen LogP contribution in [0.2, 0.25) is 0 Å². The second kappa shape index (κ2) is 4.15. The van der Waals surface area contributed by atoms with Crippen molar-refractivity contribution in [3.63, 3.8) is 0 Å². The Morgan fingerprint density at radius 1 is 1.00 bits per heavy atom. The molecule has 0 radical (unpaired) electrons. The predicted octanol–water partition coefficient (Wildman–Crippen LogP) is 3.96. The number of fused-ring (bicyclic) bond motifs is 1. The molecule has 0 aliphatic heterocycles. The van der Waals surface area contributed by atoms with Gasteiger partial charge in [-0.2, -0.15) is 0 Å². The topological polar surface area (TPSA) is 32.9 Å². The van der Waals surface area contributed by atoms with E-state index in [0.717, 1.165) is 39.6 Å². The van der Waals surface area contributed by atoms with E-state index in [1.807, 2.05) is 55.5 Å². The molecule has 0 fully saturated rings. The Morgan fingerprint density at radius 2 is 1.78 bits per heavy atom. The number of aryl methyl sites for hydroxylation is 1. The Kier molecular flexibility index (Phi) is 2.49. The Bertz CT molecular complexity index is 711. The summed E-state index contributed by atoms with van der Waals surface area (Å²) < 4.78 is 0. The summed E-state index contributed by atoms with van der Waals surface area (Å²) in [7, 11) is 0. The number of benzene rings is 2. The number of hydrogen-bond donors (Lipinski definition) is 1. The number of carbonyl (C=O) groups excluding carboxylic acids is 1. The minimum atomic E-state index is 0.736. The zero-order valence-electron chi connectivity index (χ0n) is 10.1. The molecule has 0 bridgehead atoms. The van der Waals surface area contributed by atoms with Crippen molar-refractivity contribution in [1.82, 2.24) is 4.98 Å². The third-order valence-corrected chi connectivity index (χ3v) is 3.26. The summed E-state index contributed by atoms with van der Waals surface area (Å²) in [4.78, 5) is 14.7. The first kappa shape index (κ1) is 10.8. The number of H-pyrrole nitrogens is 1. The van der Waals surface area contributed by atoms with Crippen molar-refractivity contribution in [2.45, 2.75) is 6.92 Å². The number of aldehydes is 1. The van der Waals surface area contributed by atoms with Crippen LogP contribution in [0.4, 0.5) is 0 Å². The molecule has 18 heavy (non-hydrogen) atoms. The minimum absolute atomic E-state index is 0.736.